The zero-order valence-electron chi connectivity index (χ0n) is 19.9. The number of rotatable bonds is 7. The van der Waals surface area contributed by atoms with E-state index in [2.05, 4.69) is 14.6 Å². The average Bonchev–Trinajstić information content (AvgIpc) is 3.30. The molecule has 0 bridgehead atoms. The summed E-state index contributed by atoms with van der Waals surface area (Å²) < 4.78 is 22.1. The number of fused-ring (bicyclic) bond motifs is 1. The van der Waals surface area contributed by atoms with Gasteiger partial charge in [-0.15, -0.1) is 0 Å². The first-order chi connectivity index (χ1) is 17.6. The molecule has 0 aliphatic carbocycles. The average molecular weight is 498 g/mol. The SMILES string of the molecule is CNC(=O)c1c(-c2ccc(F)cc2)oc2cc(N(Cc3ccccn3)SC)c(-c3ccccc3)cc12. The molecule has 0 aliphatic rings. The maximum absolute atomic E-state index is 13.6. The van der Waals surface area contributed by atoms with Crippen LogP contribution in [-0.2, 0) is 6.54 Å². The van der Waals surface area contributed by atoms with Gasteiger partial charge < -0.3 is 14.0 Å². The van der Waals surface area contributed by atoms with E-state index in [9.17, 15) is 9.18 Å². The molecule has 180 valence electrons. The molecule has 2 heterocycles. The predicted molar refractivity (Wildman–Crippen MR) is 144 cm³/mol. The topological polar surface area (TPSA) is 58.4 Å². The van der Waals surface area contributed by atoms with Crippen LogP contribution in [0.15, 0.2) is 95.5 Å². The van der Waals surface area contributed by atoms with Gasteiger partial charge in [-0.05, 0) is 48.0 Å². The van der Waals surface area contributed by atoms with Gasteiger partial charge in [0, 0.05) is 42.1 Å². The second-order valence-electron chi connectivity index (χ2n) is 8.16. The molecule has 0 fully saturated rings. The number of benzene rings is 3. The van der Waals surface area contributed by atoms with Crippen LogP contribution in [0.5, 0.6) is 0 Å². The number of hydrogen-bond donors (Lipinski definition) is 1. The van der Waals surface area contributed by atoms with Crippen LogP contribution in [0, 0.1) is 5.82 Å². The van der Waals surface area contributed by atoms with Crippen LogP contribution in [-0.4, -0.2) is 24.2 Å². The molecule has 36 heavy (non-hydrogen) atoms. The molecule has 2 aromatic heterocycles. The lowest BCUT2D eigenvalue weighted by molar-refractivity contribution is 0.0964. The number of carbonyl (C=O) groups is 1. The van der Waals surface area contributed by atoms with Gasteiger partial charge in [0.1, 0.15) is 17.2 Å². The fourth-order valence-corrected chi connectivity index (χ4v) is 4.84. The number of hydrogen-bond acceptors (Lipinski definition) is 5. The Labute approximate surface area is 213 Å². The quantitative estimate of drug-likeness (QED) is 0.247. The van der Waals surface area contributed by atoms with Crippen molar-refractivity contribution < 1.29 is 13.6 Å². The Balaban J connectivity index is 1.75. The van der Waals surface area contributed by atoms with E-state index in [0.717, 1.165) is 22.5 Å². The Bertz CT molecular complexity index is 1500. The number of anilines is 1. The highest BCUT2D eigenvalue weighted by atomic mass is 32.2. The van der Waals surface area contributed by atoms with Gasteiger partial charge >= 0.3 is 0 Å². The molecule has 0 atom stereocenters. The summed E-state index contributed by atoms with van der Waals surface area (Å²) in [6, 6.07) is 25.8. The normalized spacial score (nSPS) is 11.0. The first-order valence-corrected chi connectivity index (χ1v) is 12.6. The van der Waals surface area contributed by atoms with Crippen LogP contribution in [0.4, 0.5) is 10.1 Å². The maximum Gasteiger partial charge on any atom is 0.255 e. The molecular formula is C29H24FN3O2S. The summed E-state index contributed by atoms with van der Waals surface area (Å²) in [7, 11) is 1.59. The molecule has 7 heteroatoms. The van der Waals surface area contributed by atoms with E-state index in [0.29, 0.717) is 34.4 Å². The van der Waals surface area contributed by atoms with E-state index in [1.807, 2.05) is 66.9 Å². The van der Waals surface area contributed by atoms with Gasteiger partial charge in [0.15, 0.2) is 0 Å². The van der Waals surface area contributed by atoms with E-state index < -0.39 is 0 Å². The Morgan fingerprint density at radius 3 is 2.42 bits per heavy atom. The number of pyridine rings is 1. The van der Waals surface area contributed by atoms with Gasteiger partial charge in [0.25, 0.3) is 5.91 Å². The molecule has 5 nitrogen and oxygen atoms in total. The monoisotopic (exact) mass is 497 g/mol. The van der Waals surface area contributed by atoms with E-state index in [4.69, 9.17) is 4.42 Å². The summed E-state index contributed by atoms with van der Waals surface area (Å²) in [6.07, 6.45) is 3.80. The van der Waals surface area contributed by atoms with E-state index in [-0.39, 0.29) is 11.7 Å². The standard InChI is InChI=1S/C29H24FN3O2S/c1-31-29(34)27-24-16-23(19-8-4-3-5-9-19)25(33(36-2)18-22-10-6-7-15-32-22)17-26(24)35-28(27)20-11-13-21(30)14-12-20/h3-17H,18H2,1-2H3,(H,31,34). The second-order valence-corrected chi connectivity index (χ2v) is 8.97. The molecule has 0 unspecified atom stereocenters. The highest BCUT2D eigenvalue weighted by Gasteiger charge is 2.25. The molecule has 0 spiro atoms. The number of halogens is 1. The molecule has 3 aromatic carbocycles. The maximum atomic E-state index is 13.6. The lowest BCUT2D eigenvalue weighted by Gasteiger charge is -2.24. The van der Waals surface area contributed by atoms with Crippen molar-refractivity contribution in [2.45, 2.75) is 6.54 Å². The number of nitrogens with one attached hydrogen (secondary N) is 1. The van der Waals surface area contributed by atoms with Crippen molar-refractivity contribution in [3.8, 4) is 22.5 Å². The lowest BCUT2D eigenvalue weighted by atomic mass is 9.98. The molecule has 0 aliphatic heterocycles. The Kier molecular flexibility index (Phi) is 6.73. The third-order valence-electron chi connectivity index (χ3n) is 5.97. The first kappa shape index (κ1) is 23.6. The lowest BCUT2D eigenvalue weighted by Crippen LogP contribution is -2.18. The minimum absolute atomic E-state index is 0.268. The van der Waals surface area contributed by atoms with Crippen molar-refractivity contribution in [3.63, 3.8) is 0 Å². The van der Waals surface area contributed by atoms with Gasteiger partial charge in [-0.1, -0.05) is 48.3 Å². The van der Waals surface area contributed by atoms with Gasteiger partial charge in [0.2, 0.25) is 0 Å². The zero-order valence-corrected chi connectivity index (χ0v) is 20.7. The number of amides is 1. The highest BCUT2D eigenvalue weighted by molar-refractivity contribution is 7.99. The van der Waals surface area contributed by atoms with Crippen LogP contribution in [0.3, 0.4) is 0 Å². The van der Waals surface area contributed by atoms with Crippen LogP contribution in [0.25, 0.3) is 33.4 Å². The summed E-state index contributed by atoms with van der Waals surface area (Å²) in [6.45, 7) is 0.585. The Morgan fingerprint density at radius 1 is 1.00 bits per heavy atom. The number of furan rings is 1. The van der Waals surface area contributed by atoms with E-state index in [1.165, 1.54) is 12.1 Å². The van der Waals surface area contributed by atoms with Crippen LogP contribution in [0.1, 0.15) is 16.1 Å². The Hall–Kier alpha value is -4.10. The largest absolute Gasteiger partial charge is 0.455 e. The molecule has 1 amide bonds. The summed E-state index contributed by atoms with van der Waals surface area (Å²) in [4.78, 5) is 17.5. The second kappa shape index (κ2) is 10.3. The van der Waals surface area contributed by atoms with Crippen LogP contribution >= 0.6 is 11.9 Å². The number of nitrogens with zero attached hydrogens (tertiary/aromatic N) is 2. The van der Waals surface area contributed by atoms with E-state index in [1.54, 1.807) is 37.3 Å². The van der Waals surface area contributed by atoms with Gasteiger partial charge in [-0.3, -0.25) is 9.78 Å². The van der Waals surface area contributed by atoms with Crippen LogP contribution in [0.2, 0.25) is 0 Å². The smallest absolute Gasteiger partial charge is 0.255 e. The Morgan fingerprint density at radius 2 is 1.75 bits per heavy atom. The molecule has 5 aromatic rings. The summed E-state index contributed by atoms with van der Waals surface area (Å²) in [5.41, 5.74) is 5.47. The van der Waals surface area contributed by atoms with Gasteiger partial charge in [-0.25, -0.2) is 4.39 Å². The van der Waals surface area contributed by atoms with Gasteiger partial charge in [0.05, 0.1) is 23.5 Å². The molecule has 0 radical (unpaired) electrons. The summed E-state index contributed by atoms with van der Waals surface area (Å²) >= 11 is 1.59. The molecule has 5 rings (SSSR count). The third kappa shape index (κ3) is 4.57. The number of aromatic nitrogens is 1. The molecule has 0 saturated carbocycles. The van der Waals surface area contributed by atoms with E-state index >= 15 is 0 Å². The zero-order chi connectivity index (χ0) is 25.1. The fraction of sp³-hybridized carbons (Fsp3) is 0.103. The first-order valence-electron chi connectivity index (χ1n) is 11.4. The number of carbonyl (C=O) groups excluding carboxylic acids is 1. The highest BCUT2D eigenvalue weighted by Crippen LogP contribution is 2.42. The molecule has 1 N–H and O–H groups in total. The van der Waals surface area contributed by atoms with Gasteiger partial charge in [-0.2, -0.15) is 0 Å². The molecular weight excluding hydrogens is 473 g/mol. The van der Waals surface area contributed by atoms with Crippen molar-refractivity contribution in [3.05, 3.63) is 108 Å². The van der Waals surface area contributed by atoms with Crippen molar-refractivity contribution in [2.24, 2.45) is 0 Å². The third-order valence-corrected chi connectivity index (χ3v) is 6.74. The fourth-order valence-electron chi connectivity index (χ4n) is 4.23. The minimum atomic E-state index is -0.352. The summed E-state index contributed by atoms with van der Waals surface area (Å²) in [5.74, 6) is -0.217. The van der Waals surface area contributed by atoms with Crippen molar-refractivity contribution >= 4 is 34.5 Å². The predicted octanol–water partition coefficient (Wildman–Crippen LogP) is 6.95. The molecule has 0 saturated heterocycles. The minimum Gasteiger partial charge on any atom is -0.455 e. The van der Waals surface area contributed by atoms with Crippen molar-refractivity contribution in [2.75, 3.05) is 17.6 Å². The summed E-state index contributed by atoms with van der Waals surface area (Å²) in [5, 5.41) is 3.42. The van der Waals surface area contributed by atoms with Crippen molar-refractivity contribution in [1.29, 1.82) is 0 Å². The van der Waals surface area contributed by atoms with Crippen molar-refractivity contribution in [1.82, 2.24) is 10.3 Å². The van der Waals surface area contributed by atoms with Crippen LogP contribution < -0.4 is 9.62 Å².